The molecular weight excluding hydrogens is 254 g/mol. The van der Waals surface area contributed by atoms with E-state index in [0.717, 1.165) is 17.7 Å². The van der Waals surface area contributed by atoms with Crippen LogP contribution in [-0.4, -0.2) is 24.3 Å². The van der Waals surface area contributed by atoms with Crippen molar-refractivity contribution in [3.05, 3.63) is 53.7 Å². The lowest BCUT2D eigenvalue weighted by molar-refractivity contribution is 0.162. The first kappa shape index (κ1) is 14.3. The van der Waals surface area contributed by atoms with Crippen LogP contribution in [0.5, 0.6) is 11.6 Å². The van der Waals surface area contributed by atoms with Gasteiger partial charge in [0.05, 0.1) is 26.0 Å². The Balaban J connectivity index is 1.95. The molecule has 1 aromatic carbocycles. The number of hydrogen-bond acceptors (Lipinski definition) is 4. The Labute approximate surface area is 119 Å². The molecule has 1 atom stereocenters. The third-order valence-corrected chi connectivity index (χ3v) is 3.16. The second-order valence-corrected chi connectivity index (χ2v) is 4.51. The number of ether oxygens (including phenoxy) is 2. The fourth-order valence-corrected chi connectivity index (χ4v) is 1.97. The normalized spacial score (nSPS) is 11.9. The molecule has 0 bridgehead atoms. The fraction of sp³-hybridized carbons (Fsp3) is 0.312. The van der Waals surface area contributed by atoms with Crippen molar-refractivity contribution in [3.63, 3.8) is 0 Å². The van der Waals surface area contributed by atoms with Crippen LogP contribution in [0, 0.1) is 0 Å². The maximum Gasteiger partial charge on any atom is 0.213 e. The van der Waals surface area contributed by atoms with E-state index in [-0.39, 0.29) is 0 Å². The maximum atomic E-state index is 10.2. The lowest BCUT2D eigenvalue weighted by atomic mass is 10.0. The van der Waals surface area contributed by atoms with E-state index in [1.807, 2.05) is 30.3 Å². The summed E-state index contributed by atoms with van der Waals surface area (Å²) in [6, 6.07) is 13.3. The first-order valence-electron chi connectivity index (χ1n) is 6.55. The Hall–Kier alpha value is -2.07. The summed E-state index contributed by atoms with van der Waals surface area (Å²) in [7, 11) is 3.21. The Morgan fingerprint density at radius 3 is 2.45 bits per heavy atom. The molecule has 0 saturated heterocycles. The molecule has 1 unspecified atom stereocenters. The lowest BCUT2D eigenvalue weighted by Crippen LogP contribution is -2.03. The number of hydrogen-bond donors (Lipinski definition) is 1. The molecule has 1 N–H and O–H groups in total. The van der Waals surface area contributed by atoms with Gasteiger partial charge in [0, 0.05) is 6.07 Å². The number of pyridine rings is 1. The highest BCUT2D eigenvalue weighted by molar-refractivity contribution is 5.27. The van der Waals surface area contributed by atoms with Gasteiger partial charge in [0.15, 0.2) is 0 Å². The van der Waals surface area contributed by atoms with Crippen molar-refractivity contribution in [1.29, 1.82) is 0 Å². The quantitative estimate of drug-likeness (QED) is 0.879. The molecule has 0 amide bonds. The predicted molar refractivity (Wildman–Crippen MR) is 77.1 cm³/mol. The van der Waals surface area contributed by atoms with Crippen LogP contribution in [0.4, 0.5) is 0 Å². The van der Waals surface area contributed by atoms with Gasteiger partial charge in [0.2, 0.25) is 5.88 Å². The largest absolute Gasteiger partial charge is 0.497 e. The van der Waals surface area contributed by atoms with Gasteiger partial charge in [-0.1, -0.05) is 18.2 Å². The SMILES string of the molecule is COc1ccc(CCC(O)c2cccc(OC)n2)cc1. The number of rotatable bonds is 6. The topological polar surface area (TPSA) is 51.6 Å². The van der Waals surface area contributed by atoms with Crippen LogP contribution in [0.25, 0.3) is 0 Å². The average molecular weight is 273 g/mol. The zero-order valence-electron chi connectivity index (χ0n) is 11.7. The number of benzene rings is 1. The summed E-state index contributed by atoms with van der Waals surface area (Å²) < 4.78 is 10.2. The van der Waals surface area contributed by atoms with E-state index in [2.05, 4.69) is 4.98 Å². The fourth-order valence-electron chi connectivity index (χ4n) is 1.97. The molecule has 0 aliphatic carbocycles. The molecule has 0 radical (unpaired) electrons. The summed E-state index contributed by atoms with van der Waals surface area (Å²) in [5.74, 6) is 1.36. The maximum absolute atomic E-state index is 10.2. The third kappa shape index (κ3) is 3.71. The number of aliphatic hydroxyl groups excluding tert-OH is 1. The molecule has 2 aromatic rings. The van der Waals surface area contributed by atoms with Gasteiger partial charge >= 0.3 is 0 Å². The molecule has 1 aromatic heterocycles. The van der Waals surface area contributed by atoms with Crippen molar-refractivity contribution in [2.75, 3.05) is 14.2 Å². The van der Waals surface area contributed by atoms with E-state index < -0.39 is 6.10 Å². The zero-order valence-corrected chi connectivity index (χ0v) is 11.7. The van der Waals surface area contributed by atoms with E-state index in [4.69, 9.17) is 9.47 Å². The van der Waals surface area contributed by atoms with Gasteiger partial charge in [-0.05, 0) is 36.6 Å². The first-order chi connectivity index (χ1) is 9.72. The van der Waals surface area contributed by atoms with Crippen molar-refractivity contribution in [1.82, 2.24) is 4.98 Å². The molecule has 106 valence electrons. The minimum Gasteiger partial charge on any atom is -0.497 e. The Kier molecular flexibility index (Phi) is 4.96. The van der Waals surface area contributed by atoms with Gasteiger partial charge in [-0.25, -0.2) is 4.98 Å². The molecule has 4 nitrogen and oxygen atoms in total. The van der Waals surface area contributed by atoms with Crippen molar-refractivity contribution in [2.45, 2.75) is 18.9 Å². The molecule has 1 heterocycles. The predicted octanol–water partition coefficient (Wildman–Crippen LogP) is 2.77. The second-order valence-electron chi connectivity index (χ2n) is 4.51. The molecule has 0 saturated carbocycles. The number of aliphatic hydroxyl groups is 1. The van der Waals surface area contributed by atoms with E-state index in [9.17, 15) is 5.11 Å². The van der Waals surface area contributed by atoms with Crippen molar-refractivity contribution in [3.8, 4) is 11.6 Å². The molecule has 0 spiro atoms. The minimum atomic E-state index is -0.591. The smallest absolute Gasteiger partial charge is 0.213 e. The molecule has 0 fully saturated rings. The van der Waals surface area contributed by atoms with Crippen LogP contribution in [0.3, 0.4) is 0 Å². The van der Waals surface area contributed by atoms with Crippen molar-refractivity contribution >= 4 is 0 Å². The monoisotopic (exact) mass is 273 g/mol. The summed E-state index contributed by atoms with van der Waals surface area (Å²) >= 11 is 0. The number of aromatic nitrogens is 1. The van der Waals surface area contributed by atoms with E-state index >= 15 is 0 Å². The Morgan fingerprint density at radius 2 is 1.80 bits per heavy atom. The van der Waals surface area contributed by atoms with Gasteiger partial charge in [0.25, 0.3) is 0 Å². The van der Waals surface area contributed by atoms with Gasteiger partial charge in [0.1, 0.15) is 5.75 Å². The molecule has 0 aliphatic rings. The van der Waals surface area contributed by atoms with E-state index in [0.29, 0.717) is 18.0 Å². The van der Waals surface area contributed by atoms with Crippen molar-refractivity contribution < 1.29 is 14.6 Å². The molecule has 0 aliphatic heterocycles. The standard InChI is InChI=1S/C16H19NO3/c1-19-13-9-6-12(7-10-13)8-11-15(18)14-4-3-5-16(17-14)20-2/h3-7,9-10,15,18H,8,11H2,1-2H3. The average Bonchev–Trinajstić information content (AvgIpc) is 2.53. The lowest BCUT2D eigenvalue weighted by Gasteiger charge is -2.11. The van der Waals surface area contributed by atoms with Crippen molar-refractivity contribution in [2.24, 2.45) is 0 Å². The Bertz CT molecular complexity index is 540. The summed E-state index contributed by atoms with van der Waals surface area (Å²) in [5, 5.41) is 10.2. The zero-order chi connectivity index (χ0) is 14.4. The Morgan fingerprint density at radius 1 is 1.05 bits per heavy atom. The number of nitrogens with zero attached hydrogens (tertiary/aromatic N) is 1. The summed E-state index contributed by atoms with van der Waals surface area (Å²) in [6.45, 7) is 0. The molecule has 4 heteroatoms. The summed E-state index contributed by atoms with van der Waals surface area (Å²) in [5.41, 5.74) is 1.80. The molecule has 2 rings (SSSR count). The van der Waals surface area contributed by atoms with Crippen LogP contribution < -0.4 is 9.47 Å². The second kappa shape index (κ2) is 6.91. The van der Waals surface area contributed by atoms with Crippen LogP contribution in [-0.2, 0) is 6.42 Å². The highest BCUT2D eigenvalue weighted by Crippen LogP contribution is 2.20. The summed E-state index contributed by atoms with van der Waals surface area (Å²) in [4.78, 5) is 4.24. The van der Waals surface area contributed by atoms with Gasteiger partial charge < -0.3 is 14.6 Å². The minimum absolute atomic E-state index is 0.519. The van der Waals surface area contributed by atoms with E-state index in [1.165, 1.54) is 0 Å². The number of aryl methyl sites for hydroxylation is 1. The molecule has 20 heavy (non-hydrogen) atoms. The highest BCUT2D eigenvalue weighted by atomic mass is 16.5. The van der Waals surface area contributed by atoms with Crippen LogP contribution in [0.2, 0.25) is 0 Å². The van der Waals surface area contributed by atoms with Gasteiger partial charge in [-0.3, -0.25) is 0 Å². The highest BCUT2D eigenvalue weighted by Gasteiger charge is 2.10. The van der Waals surface area contributed by atoms with Crippen LogP contribution >= 0.6 is 0 Å². The van der Waals surface area contributed by atoms with Gasteiger partial charge in [-0.2, -0.15) is 0 Å². The van der Waals surface area contributed by atoms with Gasteiger partial charge in [-0.15, -0.1) is 0 Å². The molecular formula is C16H19NO3. The van der Waals surface area contributed by atoms with E-state index in [1.54, 1.807) is 26.4 Å². The van der Waals surface area contributed by atoms with Crippen LogP contribution in [0.1, 0.15) is 23.8 Å². The number of methoxy groups -OCH3 is 2. The first-order valence-corrected chi connectivity index (χ1v) is 6.55. The third-order valence-electron chi connectivity index (χ3n) is 3.16. The summed E-state index contributed by atoms with van der Waals surface area (Å²) in [6.07, 6.45) is 0.809. The van der Waals surface area contributed by atoms with Crippen LogP contribution in [0.15, 0.2) is 42.5 Å².